The molecule has 0 aliphatic carbocycles. The van der Waals surface area contributed by atoms with E-state index in [1.54, 1.807) is 17.8 Å². The van der Waals surface area contributed by atoms with Crippen LogP contribution in [0.3, 0.4) is 0 Å². The van der Waals surface area contributed by atoms with Crippen molar-refractivity contribution in [1.29, 1.82) is 5.26 Å². The summed E-state index contributed by atoms with van der Waals surface area (Å²) in [7, 11) is 0. The zero-order valence-corrected chi connectivity index (χ0v) is 11.3. The van der Waals surface area contributed by atoms with Gasteiger partial charge in [0.15, 0.2) is 5.16 Å². The van der Waals surface area contributed by atoms with Gasteiger partial charge in [0.1, 0.15) is 5.82 Å². The number of aromatic nitrogens is 2. The maximum absolute atomic E-state index is 8.89. The Morgan fingerprint density at radius 2 is 2.18 bits per heavy atom. The molecular weight excluding hydrogens is 232 g/mol. The zero-order valence-electron chi connectivity index (χ0n) is 10.5. The van der Waals surface area contributed by atoms with E-state index in [1.807, 2.05) is 20.8 Å². The molecule has 0 atom stereocenters. The van der Waals surface area contributed by atoms with Gasteiger partial charge in [-0.2, -0.15) is 5.26 Å². The molecule has 0 aromatic carbocycles. The molecule has 0 bridgehead atoms. The molecule has 1 heterocycles. The third-order valence-corrected chi connectivity index (χ3v) is 3.27. The van der Waals surface area contributed by atoms with Crippen LogP contribution in [0.1, 0.15) is 32.4 Å². The van der Waals surface area contributed by atoms with Crippen LogP contribution >= 0.6 is 11.8 Å². The van der Waals surface area contributed by atoms with Crippen molar-refractivity contribution in [2.24, 2.45) is 5.41 Å². The van der Waals surface area contributed by atoms with Crippen LogP contribution in [0, 0.1) is 23.7 Å². The number of rotatable bonds is 5. The standard InChI is InChI=1S/C12H18N4S/c1-9-7-10(14)16-11(15-9)17-6-4-5-12(2,3)8-13/h7H,4-6H2,1-3H3,(H2,14,15,16). The Morgan fingerprint density at radius 3 is 2.76 bits per heavy atom. The molecule has 1 rings (SSSR count). The van der Waals surface area contributed by atoms with Crippen LogP contribution in [0.2, 0.25) is 0 Å². The number of nitrogens with zero attached hydrogens (tertiary/aromatic N) is 3. The molecule has 2 N–H and O–H groups in total. The third-order valence-electron chi connectivity index (χ3n) is 2.33. The molecule has 0 aliphatic rings. The minimum Gasteiger partial charge on any atom is -0.384 e. The van der Waals surface area contributed by atoms with E-state index in [4.69, 9.17) is 11.0 Å². The predicted octanol–water partition coefficient (Wildman–Crippen LogP) is 2.79. The second-order valence-electron chi connectivity index (χ2n) is 4.66. The first-order valence-electron chi connectivity index (χ1n) is 5.58. The second kappa shape index (κ2) is 5.87. The summed E-state index contributed by atoms with van der Waals surface area (Å²) in [6.45, 7) is 5.82. The first-order chi connectivity index (χ1) is 7.93. The van der Waals surface area contributed by atoms with E-state index in [2.05, 4.69) is 16.0 Å². The molecule has 0 saturated heterocycles. The van der Waals surface area contributed by atoms with Crippen molar-refractivity contribution >= 4 is 17.6 Å². The third kappa shape index (κ3) is 5.05. The molecule has 17 heavy (non-hydrogen) atoms. The van der Waals surface area contributed by atoms with E-state index in [-0.39, 0.29) is 5.41 Å². The highest BCUT2D eigenvalue weighted by Gasteiger charge is 2.15. The minimum absolute atomic E-state index is 0.243. The van der Waals surface area contributed by atoms with Gasteiger partial charge in [0.25, 0.3) is 0 Å². The van der Waals surface area contributed by atoms with Crippen molar-refractivity contribution in [2.75, 3.05) is 11.5 Å². The van der Waals surface area contributed by atoms with Gasteiger partial charge < -0.3 is 5.73 Å². The van der Waals surface area contributed by atoms with Gasteiger partial charge in [-0.1, -0.05) is 11.8 Å². The van der Waals surface area contributed by atoms with Gasteiger partial charge in [0.2, 0.25) is 0 Å². The van der Waals surface area contributed by atoms with Crippen molar-refractivity contribution in [3.05, 3.63) is 11.8 Å². The van der Waals surface area contributed by atoms with E-state index in [0.717, 1.165) is 29.4 Å². The van der Waals surface area contributed by atoms with Crippen molar-refractivity contribution < 1.29 is 0 Å². The minimum atomic E-state index is -0.243. The zero-order chi connectivity index (χ0) is 12.9. The van der Waals surface area contributed by atoms with E-state index in [1.165, 1.54) is 0 Å². The molecule has 4 nitrogen and oxygen atoms in total. The SMILES string of the molecule is Cc1cc(N)nc(SCCCC(C)(C)C#N)n1. The number of thioether (sulfide) groups is 1. The monoisotopic (exact) mass is 250 g/mol. The number of anilines is 1. The van der Waals surface area contributed by atoms with Gasteiger partial charge in [-0.05, 0) is 33.6 Å². The van der Waals surface area contributed by atoms with Crippen LogP contribution in [0.15, 0.2) is 11.2 Å². The molecule has 0 amide bonds. The summed E-state index contributed by atoms with van der Waals surface area (Å²) in [5.41, 5.74) is 6.29. The van der Waals surface area contributed by atoms with Crippen LogP contribution in [-0.2, 0) is 0 Å². The van der Waals surface area contributed by atoms with Gasteiger partial charge >= 0.3 is 0 Å². The first-order valence-corrected chi connectivity index (χ1v) is 6.57. The number of nitrogen functional groups attached to an aromatic ring is 1. The van der Waals surface area contributed by atoms with Crippen LogP contribution in [0.25, 0.3) is 0 Å². The Kier molecular flexibility index (Phi) is 4.76. The van der Waals surface area contributed by atoms with Gasteiger partial charge in [-0.15, -0.1) is 0 Å². The molecule has 0 unspecified atom stereocenters. The maximum atomic E-state index is 8.89. The van der Waals surface area contributed by atoms with Gasteiger partial charge in [0, 0.05) is 17.5 Å². The molecule has 92 valence electrons. The van der Waals surface area contributed by atoms with Crippen LogP contribution in [0.4, 0.5) is 5.82 Å². The Balaban J connectivity index is 2.39. The Hall–Kier alpha value is -1.28. The van der Waals surface area contributed by atoms with Crippen molar-refractivity contribution in [3.63, 3.8) is 0 Å². The number of hydrogen-bond acceptors (Lipinski definition) is 5. The fourth-order valence-corrected chi connectivity index (χ4v) is 2.21. The van der Waals surface area contributed by atoms with Crippen molar-refractivity contribution in [2.45, 2.75) is 38.8 Å². The van der Waals surface area contributed by atoms with Crippen LogP contribution < -0.4 is 5.73 Å². The topological polar surface area (TPSA) is 75.6 Å². The summed E-state index contributed by atoms with van der Waals surface area (Å²) >= 11 is 1.59. The van der Waals surface area contributed by atoms with Crippen LogP contribution in [-0.4, -0.2) is 15.7 Å². The quantitative estimate of drug-likeness (QED) is 0.494. The molecular formula is C12H18N4S. The average molecular weight is 250 g/mol. The summed E-state index contributed by atoms with van der Waals surface area (Å²) in [4.78, 5) is 8.45. The molecule has 0 radical (unpaired) electrons. The molecule has 1 aromatic heterocycles. The normalized spacial score (nSPS) is 11.2. The van der Waals surface area contributed by atoms with Gasteiger partial charge in [-0.3, -0.25) is 0 Å². The average Bonchev–Trinajstić information content (AvgIpc) is 2.23. The Bertz CT molecular complexity index is 403. The lowest BCUT2D eigenvalue weighted by atomic mass is 9.90. The Morgan fingerprint density at radius 1 is 1.47 bits per heavy atom. The van der Waals surface area contributed by atoms with Crippen molar-refractivity contribution in [1.82, 2.24) is 9.97 Å². The Labute approximate surface area is 107 Å². The van der Waals surface area contributed by atoms with E-state index >= 15 is 0 Å². The molecule has 0 fully saturated rings. The second-order valence-corrected chi connectivity index (χ2v) is 5.73. The molecule has 0 aliphatic heterocycles. The largest absolute Gasteiger partial charge is 0.384 e. The van der Waals surface area contributed by atoms with E-state index in [9.17, 15) is 0 Å². The van der Waals surface area contributed by atoms with Gasteiger partial charge in [0.05, 0.1) is 11.5 Å². The van der Waals surface area contributed by atoms with Crippen molar-refractivity contribution in [3.8, 4) is 6.07 Å². The highest BCUT2D eigenvalue weighted by molar-refractivity contribution is 7.99. The highest BCUT2D eigenvalue weighted by Crippen LogP contribution is 2.24. The first kappa shape index (κ1) is 13.8. The summed E-state index contributed by atoms with van der Waals surface area (Å²) in [6, 6.07) is 4.05. The van der Waals surface area contributed by atoms with Gasteiger partial charge in [-0.25, -0.2) is 9.97 Å². The summed E-state index contributed by atoms with van der Waals surface area (Å²) in [5.74, 6) is 1.42. The maximum Gasteiger partial charge on any atom is 0.189 e. The molecule has 1 aromatic rings. The molecule has 0 saturated carbocycles. The van der Waals surface area contributed by atoms with Crippen LogP contribution in [0.5, 0.6) is 0 Å². The number of nitriles is 1. The lowest BCUT2D eigenvalue weighted by Gasteiger charge is -2.13. The summed E-state index contributed by atoms with van der Waals surface area (Å²) < 4.78 is 0. The lowest BCUT2D eigenvalue weighted by molar-refractivity contribution is 0.447. The lowest BCUT2D eigenvalue weighted by Crippen LogP contribution is -2.07. The summed E-state index contributed by atoms with van der Waals surface area (Å²) in [5, 5.41) is 9.60. The number of aryl methyl sites for hydroxylation is 1. The number of nitrogens with two attached hydrogens (primary N) is 1. The smallest absolute Gasteiger partial charge is 0.189 e. The van der Waals surface area contributed by atoms with E-state index in [0.29, 0.717) is 5.82 Å². The summed E-state index contributed by atoms with van der Waals surface area (Å²) in [6.07, 6.45) is 1.86. The number of hydrogen-bond donors (Lipinski definition) is 1. The predicted molar refractivity (Wildman–Crippen MR) is 70.5 cm³/mol. The fraction of sp³-hybridized carbons (Fsp3) is 0.583. The van der Waals surface area contributed by atoms with E-state index < -0.39 is 0 Å². The molecule has 5 heteroatoms. The highest BCUT2D eigenvalue weighted by atomic mass is 32.2. The molecule has 0 spiro atoms. The fourth-order valence-electron chi connectivity index (χ4n) is 1.36.